The maximum absolute atomic E-state index is 4.90. The van der Waals surface area contributed by atoms with Crippen LogP contribution in [0.4, 0.5) is 0 Å². The van der Waals surface area contributed by atoms with Crippen LogP contribution in [-0.4, -0.2) is 16.0 Å². The van der Waals surface area contributed by atoms with E-state index in [1.807, 2.05) is 11.3 Å². The quantitative estimate of drug-likeness (QED) is 0.880. The molecule has 108 valence electrons. The van der Waals surface area contributed by atoms with Crippen LogP contribution in [0, 0.1) is 6.92 Å². The predicted octanol–water partition coefficient (Wildman–Crippen LogP) is 3.87. The molecule has 1 saturated carbocycles. The normalized spacial score (nSPS) is 15.2. The van der Waals surface area contributed by atoms with Gasteiger partial charge < -0.3 is 5.32 Å². The van der Waals surface area contributed by atoms with Crippen molar-refractivity contribution >= 4 is 22.7 Å². The Morgan fingerprint density at radius 1 is 1.30 bits per heavy atom. The Morgan fingerprint density at radius 3 is 2.70 bits per heavy atom. The van der Waals surface area contributed by atoms with Gasteiger partial charge in [-0.1, -0.05) is 13.8 Å². The van der Waals surface area contributed by atoms with Crippen molar-refractivity contribution in [1.82, 2.24) is 15.3 Å². The van der Waals surface area contributed by atoms with Gasteiger partial charge in [-0.2, -0.15) is 0 Å². The summed E-state index contributed by atoms with van der Waals surface area (Å²) >= 11 is 3.61. The maximum Gasteiger partial charge on any atom is 0.0999 e. The molecule has 2 aromatic heterocycles. The topological polar surface area (TPSA) is 37.8 Å². The summed E-state index contributed by atoms with van der Waals surface area (Å²) in [5.41, 5.74) is 2.47. The van der Waals surface area contributed by atoms with Gasteiger partial charge >= 0.3 is 0 Å². The third-order valence-electron chi connectivity index (χ3n) is 3.38. The molecule has 0 bridgehead atoms. The van der Waals surface area contributed by atoms with E-state index in [0.717, 1.165) is 24.6 Å². The highest BCUT2D eigenvalue weighted by Gasteiger charge is 2.29. The van der Waals surface area contributed by atoms with Crippen LogP contribution in [0.5, 0.6) is 0 Å². The van der Waals surface area contributed by atoms with E-state index >= 15 is 0 Å². The molecule has 3 nitrogen and oxygen atoms in total. The average Bonchev–Trinajstić information content (AvgIpc) is 3.04. The van der Waals surface area contributed by atoms with E-state index < -0.39 is 0 Å². The van der Waals surface area contributed by atoms with Gasteiger partial charge in [0.05, 0.1) is 22.1 Å². The molecule has 0 unspecified atom stereocenters. The lowest BCUT2D eigenvalue weighted by atomic mass is 10.2. The molecule has 0 amide bonds. The summed E-state index contributed by atoms with van der Waals surface area (Å²) in [6, 6.07) is 0.522. The first-order chi connectivity index (χ1) is 9.61. The third-order valence-corrected chi connectivity index (χ3v) is 5.41. The van der Waals surface area contributed by atoms with E-state index in [9.17, 15) is 0 Å². The molecule has 0 radical (unpaired) electrons. The standard InChI is InChI=1S/C15H21N3S2/c1-9(2)16-7-12-15(11-4-5-11)18-14(20-12)6-13-17-10(3)8-19-13/h8-9,11,16H,4-7H2,1-3H3. The van der Waals surface area contributed by atoms with Crippen LogP contribution in [0.25, 0.3) is 0 Å². The number of nitrogens with zero attached hydrogens (tertiary/aromatic N) is 2. The summed E-state index contributed by atoms with van der Waals surface area (Å²) in [4.78, 5) is 10.9. The summed E-state index contributed by atoms with van der Waals surface area (Å²) in [6.07, 6.45) is 3.52. The van der Waals surface area contributed by atoms with Gasteiger partial charge in [0.1, 0.15) is 0 Å². The molecule has 20 heavy (non-hydrogen) atoms. The second kappa shape index (κ2) is 5.92. The Labute approximate surface area is 128 Å². The predicted molar refractivity (Wildman–Crippen MR) is 85.7 cm³/mol. The molecule has 1 fully saturated rings. The minimum atomic E-state index is 0.522. The van der Waals surface area contributed by atoms with Crippen molar-refractivity contribution in [2.75, 3.05) is 0 Å². The first-order valence-corrected chi connectivity index (χ1v) is 8.94. The van der Waals surface area contributed by atoms with Gasteiger partial charge in [0, 0.05) is 34.5 Å². The molecule has 5 heteroatoms. The number of aromatic nitrogens is 2. The Morgan fingerprint density at radius 2 is 2.10 bits per heavy atom. The molecule has 0 atom stereocenters. The van der Waals surface area contributed by atoms with Crippen LogP contribution in [0.3, 0.4) is 0 Å². The van der Waals surface area contributed by atoms with Crippen molar-refractivity contribution in [3.05, 3.63) is 31.7 Å². The number of hydrogen-bond acceptors (Lipinski definition) is 5. The highest BCUT2D eigenvalue weighted by atomic mass is 32.1. The van der Waals surface area contributed by atoms with Crippen molar-refractivity contribution in [2.45, 2.75) is 58.5 Å². The lowest BCUT2D eigenvalue weighted by Gasteiger charge is -2.07. The fraction of sp³-hybridized carbons (Fsp3) is 0.600. The molecule has 2 aromatic rings. The van der Waals surface area contributed by atoms with Gasteiger partial charge in [-0.25, -0.2) is 9.97 Å². The largest absolute Gasteiger partial charge is 0.310 e. The van der Waals surface area contributed by atoms with Crippen molar-refractivity contribution in [1.29, 1.82) is 0 Å². The van der Waals surface area contributed by atoms with Crippen molar-refractivity contribution in [2.24, 2.45) is 0 Å². The molecule has 1 aliphatic rings. The zero-order chi connectivity index (χ0) is 14.1. The summed E-state index contributed by atoms with van der Waals surface area (Å²) < 4.78 is 0. The molecule has 0 aliphatic heterocycles. The zero-order valence-electron chi connectivity index (χ0n) is 12.3. The van der Waals surface area contributed by atoms with Gasteiger partial charge in [-0.3, -0.25) is 0 Å². The smallest absolute Gasteiger partial charge is 0.0999 e. The molecule has 2 heterocycles. The van der Waals surface area contributed by atoms with E-state index in [1.165, 1.54) is 33.4 Å². The summed E-state index contributed by atoms with van der Waals surface area (Å²) in [5.74, 6) is 0.724. The van der Waals surface area contributed by atoms with Crippen LogP contribution < -0.4 is 5.32 Å². The first kappa shape index (κ1) is 14.2. The number of rotatable bonds is 6. The second-order valence-electron chi connectivity index (χ2n) is 5.79. The highest BCUT2D eigenvalue weighted by molar-refractivity contribution is 7.12. The van der Waals surface area contributed by atoms with Crippen LogP contribution in [-0.2, 0) is 13.0 Å². The van der Waals surface area contributed by atoms with Crippen molar-refractivity contribution in [3.8, 4) is 0 Å². The van der Waals surface area contributed by atoms with Gasteiger partial charge in [-0.05, 0) is 19.8 Å². The van der Waals surface area contributed by atoms with E-state index in [1.54, 1.807) is 11.3 Å². The fourth-order valence-corrected chi connectivity index (χ4v) is 4.18. The highest BCUT2D eigenvalue weighted by Crippen LogP contribution is 2.43. The Hall–Kier alpha value is -0.780. The maximum atomic E-state index is 4.90. The first-order valence-electron chi connectivity index (χ1n) is 7.24. The van der Waals surface area contributed by atoms with Crippen LogP contribution in [0.1, 0.15) is 58.9 Å². The minimum absolute atomic E-state index is 0.522. The SMILES string of the molecule is Cc1csc(Cc2nc(C3CC3)c(CNC(C)C)s2)n1. The van der Waals surface area contributed by atoms with E-state index in [2.05, 4.69) is 36.5 Å². The lowest BCUT2D eigenvalue weighted by Crippen LogP contribution is -2.21. The molecule has 0 spiro atoms. The van der Waals surface area contributed by atoms with E-state index in [4.69, 9.17) is 4.98 Å². The Balaban J connectivity index is 1.76. The van der Waals surface area contributed by atoms with E-state index in [-0.39, 0.29) is 0 Å². The third kappa shape index (κ3) is 3.45. The molecule has 0 aromatic carbocycles. The van der Waals surface area contributed by atoms with Crippen molar-refractivity contribution < 1.29 is 0 Å². The zero-order valence-corrected chi connectivity index (χ0v) is 13.9. The number of hydrogen-bond donors (Lipinski definition) is 1. The molecule has 1 N–H and O–H groups in total. The minimum Gasteiger partial charge on any atom is -0.310 e. The average molecular weight is 307 g/mol. The van der Waals surface area contributed by atoms with Crippen LogP contribution in [0.2, 0.25) is 0 Å². The lowest BCUT2D eigenvalue weighted by molar-refractivity contribution is 0.590. The summed E-state index contributed by atoms with van der Waals surface area (Å²) in [5, 5.41) is 8.05. The Bertz CT molecular complexity index is 582. The fourth-order valence-electron chi connectivity index (χ4n) is 2.20. The Kier molecular flexibility index (Phi) is 4.19. The molecular weight excluding hydrogens is 286 g/mol. The van der Waals surface area contributed by atoms with Gasteiger partial charge in [0.15, 0.2) is 0 Å². The van der Waals surface area contributed by atoms with Gasteiger partial charge in [0.2, 0.25) is 0 Å². The van der Waals surface area contributed by atoms with Crippen LogP contribution >= 0.6 is 22.7 Å². The number of thiazole rings is 2. The molecular formula is C15H21N3S2. The number of nitrogens with one attached hydrogen (secondary N) is 1. The molecule has 3 rings (SSSR count). The monoisotopic (exact) mass is 307 g/mol. The molecule has 0 saturated heterocycles. The van der Waals surface area contributed by atoms with Crippen LogP contribution in [0.15, 0.2) is 5.38 Å². The van der Waals surface area contributed by atoms with E-state index in [0.29, 0.717) is 6.04 Å². The molecule has 1 aliphatic carbocycles. The van der Waals surface area contributed by atoms with Crippen molar-refractivity contribution in [3.63, 3.8) is 0 Å². The van der Waals surface area contributed by atoms with Gasteiger partial charge in [-0.15, -0.1) is 22.7 Å². The van der Waals surface area contributed by atoms with Gasteiger partial charge in [0.25, 0.3) is 0 Å². The number of aryl methyl sites for hydroxylation is 1. The second-order valence-corrected chi connectivity index (χ2v) is 7.90. The summed E-state index contributed by atoms with van der Waals surface area (Å²) in [7, 11) is 0. The summed E-state index contributed by atoms with van der Waals surface area (Å²) in [6.45, 7) is 7.39.